The van der Waals surface area contributed by atoms with Crippen molar-refractivity contribution in [2.24, 2.45) is 5.92 Å². The highest BCUT2D eigenvalue weighted by Crippen LogP contribution is 2.45. The van der Waals surface area contributed by atoms with Gasteiger partial charge in [0.15, 0.2) is 0 Å². The largest absolute Gasteiger partial charge is 0.311 e. The molecular weight excluding hydrogens is 242 g/mol. The summed E-state index contributed by atoms with van der Waals surface area (Å²) < 4.78 is 0. The Hall–Kier alpha value is -0.530. The number of hydrogen-bond acceptors (Lipinski definition) is 1. The Kier molecular flexibility index (Phi) is 3.63. The fourth-order valence-electron chi connectivity index (χ4n) is 3.43. The molecule has 18 heavy (non-hydrogen) atoms. The van der Waals surface area contributed by atoms with Crippen molar-refractivity contribution in [2.45, 2.75) is 50.5 Å². The first-order valence-electron chi connectivity index (χ1n) is 7.29. The minimum atomic E-state index is 0.335. The molecule has 1 saturated carbocycles. The predicted octanol–water partition coefficient (Wildman–Crippen LogP) is 4.19. The van der Waals surface area contributed by atoms with E-state index in [2.05, 4.69) is 17.4 Å². The van der Waals surface area contributed by atoms with Gasteiger partial charge in [0, 0.05) is 10.6 Å². The molecule has 1 aliphatic heterocycles. The van der Waals surface area contributed by atoms with Gasteiger partial charge in [-0.25, -0.2) is 0 Å². The van der Waals surface area contributed by atoms with Gasteiger partial charge in [-0.1, -0.05) is 42.6 Å². The van der Waals surface area contributed by atoms with Gasteiger partial charge < -0.3 is 5.32 Å². The zero-order valence-electron chi connectivity index (χ0n) is 10.9. The molecule has 1 N–H and O–H groups in total. The van der Waals surface area contributed by atoms with Crippen molar-refractivity contribution in [3.63, 3.8) is 0 Å². The fourth-order valence-corrected chi connectivity index (χ4v) is 3.63. The zero-order valence-corrected chi connectivity index (χ0v) is 11.7. The molecule has 1 saturated heterocycles. The van der Waals surface area contributed by atoms with E-state index in [-0.39, 0.29) is 0 Å². The highest BCUT2D eigenvalue weighted by atomic mass is 35.5. The molecule has 1 aromatic carbocycles. The van der Waals surface area contributed by atoms with Crippen molar-refractivity contribution in [1.82, 2.24) is 5.32 Å². The minimum absolute atomic E-state index is 0.335. The van der Waals surface area contributed by atoms with Crippen LogP contribution in [0.1, 0.15) is 44.1 Å². The van der Waals surface area contributed by atoms with Gasteiger partial charge in [0.1, 0.15) is 0 Å². The lowest BCUT2D eigenvalue weighted by Crippen LogP contribution is -2.48. The summed E-state index contributed by atoms with van der Waals surface area (Å²) in [7, 11) is 0. The van der Waals surface area contributed by atoms with E-state index >= 15 is 0 Å². The first kappa shape index (κ1) is 12.5. The molecule has 3 rings (SSSR count). The topological polar surface area (TPSA) is 12.0 Å². The smallest absolute Gasteiger partial charge is 0.0438 e. The predicted molar refractivity (Wildman–Crippen MR) is 77.1 cm³/mol. The van der Waals surface area contributed by atoms with Crippen LogP contribution in [-0.4, -0.2) is 12.1 Å². The standard InChI is InChI=1S/C16H22ClN/c17-15-7-3-2-6-13(15)12-16(14-8-9-14)10-4-1-5-11-18-16/h2-3,6-7,14,18H,1,4-5,8-12H2. The minimum Gasteiger partial charge on any atom is -0.311 e. The maximum absolute atomic E-state index is 6.34. The molecule has 2 fully saturated rings. The van der Waals surface area contributed by atoms with Gasteiger partial charge in [-0.15, -0.1) is 0 Å². The number of hydrogen-bond donors (Lipinski definition) is 1. The first-order chi connectivity index (χ1) is 8.80. The van der Waals surface area contributed by atoms with Crippen molar-refractivity contribution in [3.8, 4) is 0 Å². The van der Waals surface area contributed by atoms with Crippen LogP contribution >= 0.6 is 11.6 Å². The lowest BCUT2D eigenvalue weighted by Gasteiger charge is -2.35. The lowest BCUT2D eigenvalue weighted by atomic mass is 9.82. The number of halogens is 1. The second-order valence-electron chi connectivity index (χ2n) is 5.94. The SMILES string of the molecule is Clc1ccccc1CC1(C2CC2)CCCCCN1. The lowest BCUT2D eigenvalue weighted by molar-refractivity contribution is 0.271. The van der Waals surface area contributed by atoms with Gasteiger partial charge in [-0.2, -0.15) is 0 Å². The summed E-state index contributed by atoms with van der Waals surface area (Å²) in [5, 5.41) is 4.81. The van der Waals surface area contributed by atoms with Crippen LogP contribution in [-0.2, 0) is 6.42 Å². The Balaban J connectivity index is 1.83. The molecule has 0 spiro atoms. The van der Waals surface area contributed by atoms with E-state index in [9.17, 15) is 0 Å². The van der Waals surface area contributed by atoms with Crippen LogP contribution < -0.4 is 5.32 Å². The summed E-state index contributed by atoms with van der Waals surface area (Å²) in [4.78, 5) is 0. The van der Waals surface area contributed by atoms with E-state index in [1.165, 1.54) is 50.6 Å². The highest BCUT2D eigenvalue weighted by Gasteiger charge is 2.44. The Morgan fingerprint density at radius 1 is 1.17 bits per heavy atom. The Morgan fingerprint density at radius 3 is 2.78 bits per heavy atom. The fraction of sp³-hybridized carbons (Fsp3) is 0.625. The molecule has 1 aromatic rings. The van der Waals surface area contributed by atoms with Crippen LogP contribution in [0, 0.1) is 5.92 Å². The van der Waals surface area contributed by atoms with Crippen LogP contribution in [0.2, 0.25) is 5.02 Å². The van der Waals surface area contributed by atoms with Crippen molar-refractivity contribution in [2.75, 3.05) is 6.54 Å². The van der Waals surface area contributed by atoms with Gasteiger partial charge in [0.2, 0.25) is 0 Å². The van der Waals surface area contributed by atoms with Crippen LogP contribution in [0.15, 0.2) is 24.3 Å². The van der Waals surface area contributed by atoms with Gasteiger partial charge in [0.25, 0.3) is 0 Å². The molecule has 2 aliphatic rings. The van der Waals surface area contributed by atoms with Crippen molar-refractivity contribution < 1.29 is 0 Å². The highest BCUT2D eigenvalue weighted by molar-refractivity contribution is 6.31. The van der Waals surface area contributed by atoms with Crippen LogP contribution in [0.3, 0.4) is 0 Å². The number of nitrogens with one attached hydrogen (secondary N) is 1. The zero-order chi connectivity index (χ0) is 12.4. The maximum atomic E-state index is 6.34. The molecule has 98 valence electrons. The van der Waals surface area contributed by atoms with E-state index in [4.69, 9.17) is 11.6 Å². The Morgan fingerprint density at radius 2 is 2.00 bits per heavy atom. The molecule has 0 aromatic heterocycles. The Labute approximate surface area is 115 Å². The average Bonchev–Trinajstić information content (AvgIpc) is 3.18. The van der Waals surface area contributed by atoms with Gasteiger partial charge in [-0.05, 0) is 56.2 Å². The average molecular weight is 264 g/mol. The van der Waals surface area contributed by atoms with E-state index in [0.29, 0.717) is 5.54 Å². The molecule has 1 aliphatic carbocycles. The molecule has 1 heterocycles. The molecule has 1 nitrogen and oxygen atoms in total. The van der Waals surface area contributed by atoms with Crippen LogP contribution in [0.4, 0.5) is 0 Å². The molecule has 0 amide bonds. The second-order valence-corrected chi connectivity index (χ2v) is 6.34. The summed E-state index contributed by atoms with van der Waals surface area (Å²) in [5.74, 6) is 0.881. The Bertz CT molecular complexity index is 403. The summed E-state index contributed by atoms with van der Waals surface area (Å²) >= 11 is 6.34. The molecular formula is C16H22ClN. The third-order valence-corrected chi connectivity index (χ3v) is 4.97. The molecule has 1 unspecified atom stereocenters. The van der Waals surface area contributed by atoms with Crippen molar-refractivity contribution in [1.29, 1.82) is 0 Å². The molecule has 1 atom stereocenters. The first-order valence-corrected chi connectivity index (χ1v) is 7.66. The van der Waals surface area contributed by atoms with E-state index in [0.717, 1.165) is 17.4 Å². The monoisotopic (exact) mass is 263 g/mol. The van der Waals surface area contributed by atoms with Gasteiger partial charge in [-0.3, -0.25) is 0 Å². The maximum Gasteiger partial charge on any atom is 0.0438 e. The van der Waals surface area contributed by atoms with Crippen molar-refractivity contribution in [3.05, 3.63) is 34.9 Å². The summed E-state index contributed by atoms with van der Waals surface area (Å²) in [6.07, 6.45) is 9.31. The van der Waals surface area contributed by atoms with E-state index in [1.54, 1.807) is 0 Å². The summed E-state index contributed by atoms with van der Waals surface area (Å²) in [5.41, 5.74) is 1.65. The molecule has 2 heteroatoms. The van der Waals surface area contributed by atoms with Crippen LogP contribution in [0.5, 0.6) is 0 Å². The van der Waals surface area contributed by atoms with Gasteiger partial charge >= 0.3 is 0 Å². The van der Waals surface area contributed by atoms with Crippen molar-refractivity contribution >= 4 is 11.6 Å². The number of rotatable bonds is 3. The molecule has 0 radical (unpaired) electrons. The summed E-state index contributed by atoms with van der Waals surface area (Å²) in [6.45, 7) is 1.18. The third kappa shape index (κ3) is 2.57. The van der Waals surface area contributed by atoms with E-state index in [1.807, 2.05) is 12.1 Å². The summed E-state index contributed by atoms with van der Waals surface area (Å²) in [6, 6.07) is 8.35. The van der Waals surface area contributed by atoms with Gasteiger partial charge in [0.05, 0.1) is 0 Å². The second kappa shape index (κ2) is 5.22. The third-order valence-electron chi connectivity index (χ3n) is 4.60. The normalized spacial score (nSPS) is 28.9. The number of benzene rings is 1. The van der Waals surface area contributed by atoms with Crippen LogP contribution in [0.25, 0.3) is 0 Å². The van der Waals surface area contributed by atoms with E-state index < -0.39 is 0 Å². The quantitative estimate of drug-likeness (QED) is 0.862. The molecule has 0 bridgehead atoms.